The van der Waals surface area contributed by atoms with Crippen molar-refractivity contribution in [1.82, 2.24) is 5.32 Å². The van der Waals surface area contributed by atoms with Crippen LogP contribution in [0, 0.1) is 5.82 Å². The molecule has 1 unspecified atom stereocenters. The van der Waals surface area contributed by atoms with Crippen molar-refractivity contribution in [2.24, 2.45) is 0 Å². The zero-order valence-electron chi connectivity index (χ0n) is 8.99. The van der Waals surface area contributed by atoms with E-state index in [1.807, 2.05) is 0 Å². The lowest BCUT2D eigenvalue weighted by Crippen LogP contribution is -2.38. The molecule has 1 aromatic rings. The smallest absolute Gasteiger partial charge is 0.423 e. The van der Waals surface area contributed by atoms with E-state index in [9.17, 15) is 14.4 Å². The predicted octanol–water partition coefficient (Wildman–Crippen LogP) is -0.0275. The molecule has 1 atom stereocenters. The van der Waals surface area contributed by atoms with Gasteiger partial charge in [-0.2, -0.15) is 0 Å². The van der Waals surface area contributed by atoms with Crippen LogP contribution in [-0.2, 0) is 0 Å². The quantitative estimate of drug-likeness (QED) is 0.617. The molecule has 0 bridgehead atoms. The second kappa shape index (κ2) is 4.95. The third-order valence-corrected chi connectivity index (χ3v) is 3.06. The average molecular weight is 223 g/mol. The van der Waals surface area contributed by atoms with Crippen LogP contribution in [0.15, 0.2) is 18.2 Å². The Bertz CT molecular complexity index is 367. The zero-order valence-corrected chi connectivity index (χ0v) is 8.99. The van der Waals surface area contributed by atoms with E-state index in [-0.39, 0.29) is 11.7 Å². The number of piperidine rings is 1. The highest BCUT2D eigenvalue weighted by Gasteiger charge is 2.23. The Balaban J connectivity index is 2.32. The Morgan fingerprint density at radius 2 is 2.19 bits per heavy atom. The van der Waals surface area contributed by atoms with E-state index in [1.165, 1.54) is 18.2 Å². The maximum Gasteiger partial charge on any atom is 0.488 e. The Morgan fingerprint density at radius 3 is 2.81 bits per heavy atom. The minimum Gasteiger partial charge on any atom is -0.423 e. The highest BCUT2D eigenvalue weighted by Crippen LogP contribution is 2.22. The van der Waals surface area contributed by atoms with E-state index in [4.69, 9.17) is 0 Å². The number of hydrogen-bond donors (Lipinski definition) is 3. The van der Waals surface area contributed by atoms with Crippen molar-refractivity contribution in [3.05, 3.63) is 29.6 Å². The van der Waals surface area contributed by atoms with Crippen molar-refractivity contribution in [3.63, 3.8) is 0 Å². The SMILES string of the molecule is OB(O)c1ccc(F)cc1C1CCCNC1. The van der Waals surface area contributed by atoms with Crippen molar-refractivity contribution in [3.8, 4) is 0 Å². The number of benzene rings is 1. The van der Waals surface area contributed by atoms with Gasteiger partial charge >= 0.3 is 7.12 Å². The fraction of sp³-hybridized carbons (Fsp3) is 0.455. The van der Waals surface area contributed by atoms with Crippen LogP contribution < -0.4 is 10.8 Å². The van der Waals surface area contributed by atoms with Crippen LogP contribution in [0.25, 0.3) is 0 Å². The van der Waals surface area contributed by atoms with Gasteiger partial charge in [0, 0.05) is 6.54 Å². The fourth-order valence-electron chi connectivity index (χ4n) is 2.25. The molecular weight excluding hydrogens is 208 g/mol. The van der Waals surface area contributed by atoms with E-state index in [1.54, 1.807) is 0 Å². The van der Waals surface area contributed by atoms with Gasteiger partial charge in [0.2, 0.25) is 0 Å². The summed E-state index contributed by atoms with van der Waals surface area (Å²) in [6, 6.07) is 4.12. The van der Waals surface area contributed by atoms with Gasteiger partial charge in [-0.3, -0.25) is 0 Å². The Hall–Kier alpha value is -0.905. The molecule has 1 aliphatic rings. The summed E-state index contributed by atoms with van der Waals surface area (Å²) in [4.78, 5) is 0. The lowest BCUT2D eigenvalue weighted by molar-refractivity contribution is 0.422. The van der Waals surface area contributed by atoms with Crippen molar-refractivity contribution in [2.75, 3.05) is 13.1 Å². The first-order valence-electron chi connectivity index (χ1n) is 5.54. The van der Waals surface area contributed by atoms with Gasteiger partial charge in [-0.25, -0.2) is 4.39 Å². The van der Waals surface area contributed by atoms with E-state index in [2.05, 4.69) is 5.32 Å². The molecule has 1 aromatic carbocycles. The van der Waals surface area contributed by atoms with Gasteiger partial charge in [0.05, 0.1) is 0 Å². The predicted molar refractivity (Wildman–Crippen MR) is 61.1 cm³/mol. The van der Waals surface area contributed by atoms with Crippen LogP contribution in [0.3, 0.4) is 0 Å². The van der Waals surface area contributed by atoms with Gasteiger partial charge in [0.15, 0.2) is 0 Å². The molecule has 5 heteroatoms. The molecule has 86 valence electrons. The van der Waals surface area contributed by atoms with E-state index >= 15 is 0 Å². The molecule has 0 radical (unpaired) electrons. The fourth-order valence-corrected chi connectivity index (χ4v) is 2.25. The minimum atomic E-state index is -1.53. The topological polar surface area (TPSA) is 52.5 Å². The molecule has 0 spiro atoms. The molecule has 3 nitrogen and oxygen atoms in total. The number of nitrogens with one attached hydrogen (secondary N) is 1. The first-order valence-corrected chi connectivity index (χ1v) is 5.54. The van der Waals surface area contributed by atoms with Crippen molar-refractivity contribution in [1.29, 1.82) is 0 Å². The second-order valence-corrected chi connectivity index (χ2v) is 4.19. The Labute approximate surface area is 94.4 Å². The lowest BCUT2D eigenvalue weighted by atomic mass is 9.72. The minimum absolute atomic E-state index is 0.168. The maximum absolute atomic E-state index is 13.2. The molecule has 0 aliphatic carbocycles. The van der Waals surface area contributed by atoms with Crippen LogP contribution in [0.2, 0.25) is 0 Å². The summed E-state index contributed by atoms with van der Waals surface area (Å²) < 4.78 is 13.2. The molecule has 1 heterocycles. The largest absolute Gasteiger partial charge is 0.488 e. The van der Waals surface area contributed by atoms with Gasteiger partial charge < -0.3 is 15.4 Å². The lowest BCUT2D eigenvalue weighted by Gasteiger charge is -2.25. The Morgan fingerprint density at radius 1 is 1.38 bits per heavy atom. The third-order valence-electron chi connectivity index (χ3n) is 3.06. The molecular formula is C11H15BFNO2. The van der Waals surface area contributed by atoms with Crippen molar-refractivity contribution in [2.45, 2.75) is 18.8 Å². The van der Waals surface area contributed by atoms with Gasteiger partial charge in [-0.05, 0) is 48.5 Å². The molecule has 2 rings (SSSR count). The standard InChI is InChI=1S/C11H15BFNO2/c13-9-3-4-11(12(15)16)10(6-9)8-2-1-5-14-7-8/h3-4,6,8,14-16H,1-2,5,7H2. The van der Waals surface area contributed by atoms with Crippen LogP contribution in [0.5, 0.6) is 0 Å². The van der Waals surface area contributed by atoms with E-state index < -0.39 is 7.12 Å². The van der Waals surface area contributed by atoms with Crippen LogP contribution in [0.1, 0.15) is 24.3 Å². The first-order chi connectivity index (χ1) is 7.68. The zero-order chi connectivity index (χ0) is 11.5. The molecule has 16 heavy (non-hydrogen) atoms. The molecule has 0 aromatic heterocycles. The molecule has 1 aliphatic heterocycles. The Kier molecular flexibility index (Phi) is 3.58. The summed E-state index contributed by atoms with van der Waals surface area (Å²) in [5, 5.41) is 21.7. The molecule has 1 fully saturated rings. The van der Waals surface area contributed by atoms with Crippen molar-refractivity contribution < 1.29 is 14.4 Å². The maximum atomic E-state index is 13.2. The van der Waals surface area contributed by atoms with Crippen LogP contribution >= 0.6 is 0 Å². The summed E-state index contributed by atoms with van der Waals surface area (Å²) >= 11 is 0. The van der Waals surface area contributed by atoms with Gasteiger partial charge in [-0.1, -0.05) is 6.07 Å². The third kappa shape index (κ3) is 2.43. The molecule has 0 amide bonds. The van der Waals surface area contributed by atoms with Crippen molar-refractivity contribution >= 4 is 12.6 Å². The number of halogens is 1. The highest BCUT2D eigenvalue weighted by atomic mass is 19.1. The molecule has 3 N–H and O–H groups in total. The first kappa shape index (κ1) is 11.6. The molecule has 1 saturated heterocycles. The monoisotopic (exact) mass is 223 g/mol. The van der Waals surface area contributed by atoms with Gasteiger partial charge in [-0.15, -0.1) is 0 Å². The normalized spacial score (nSPS) is 20.8. The summed E-state index contributed by atoms with van der Waals surface area (Å²) in [6.45, 7) is 1.74. The summed E-state index contributed by atoms with van der Waals surface area (Å²) in [5.41, 5.74) is 1.12. The van der Waals surface area contributed by atoms with E-state index in [0.717, 1.165) is 25.9 Å². The van der Waals surface area contributed by atoms with Gasteiger partial charge in [0.1, 0.15) is 5.82 Å². The van der Waals surface area contributed by atoms with Crippen LogP contribution in [0.4, 0.5) is 4.39 Å². The summed E-state index contributed by atoms with van der Waals surface area (Å²) in [6.07, 6.45) is 1.98. The average Bonchev–Trinajstić information content (AvgIpc) is 2.29. The second-order valence-electron chi connectivity index (χ2n) is 4.19. The number of rotatable bonds is 2. The summed E-state index contributed by atoms with van der Waals surface area (Å²) in [5.74, 6) is -0.161. The molecule has 0 saturated carbocycles. The highest BCUT2D eigenvalue weighted by molar-refractivity contribution is 6.59. The van der Waals surface area contributed by atoms with Crippen LogP contribution in [-0.4, -0.2) is 30.3 Å². The van der Waals surface area contributed by atoms with E-state index in [0.29, 0.717) is 11.0 Å². The summed E-state index contributed by atoms with van der Waals surface area (Å²) in [7, 11) is -1.53. The number of hydrogen-bond acceptors (Lipinski definition) is 3. The van der Waals surface area contributed by atoms with Gasteiger partial charge in [0.25, 0.3) is 0 Å².